The van der Waals surface area contributed by atoms with Crippen molar-refractivity contribution in [2.45, 2.75) is 32.2 Å². The molecule has 3 N–H and O–H groups in total. The van der Waals surface area contributed by atoms with E-state index in [0.717, 1.165) is 31.5 Å². The summed E-state index contributed by atoms with van der Waals surface area (Å²) in [6.45, 7) is 2.62. The molecule has 0 radical (unpaired) electrons. The third kappa shape index (κ3) is 3.56. The highest BCUT2D eigenvalue weighted by Gasteiger charge is 2.20. The van der Waals surface area contributed by atoms with Crippen molar-refractivity contribution in [2.24, 2.45) is 5.73 Å². The second kappa shape index (κ2) is 6.87. The second-order valence-electron chi connectivity index (χ2n) is 5.88. The van der Waals surface area contributed by atoms with Crippen molar-refractivity contribution in [1.82, 2.24) is 20.3 Å². The third-order valence-electron chi connectivity index (χ3n) is 4.20. The number of rotatable bonds is 4. The maximum Gasteiger partial charge on any atom is 0.271 e. The van der Waals surface area contributed by atoms with Crippen LogP contribution in [0.4, 0.5) is 4.39 Å². The minimum atomic E-state index is -0.654. The van der Waals surface area contributed by atoms with Crippen molar-refractivity contribution in [3.63, 3.8) is 0 Å². The van der Waals surface area contributed by atoms with Gasteiger partial charge >= 0.3 is 0 Å². The van der Waals surface area contributed by atoms with Crippen LogP contribution in [0, 0.1) is 5.82 Å². The molecule has 1 aliphatic rings. The van der Waals surface area contributed by atoms with Gasteiger partial charge in [-0.3, -0.25) is 9.69 Å². The fourth-order valence-corrected chi connectivity index (χ4v) is 3.05. The third-order valence-corrected chi connectivity index (χ3v) is 4.20. The molecule has 1 aliphatic heterocycles. The Morgan fingerprint density at radius 1 is 1.22 bits per heavy atom. The zero-order valence-corrected chi connectivity index (χ0v) is 12.9. The first kappa shape index (κ1) is 15.6. The lowest BCUT2D eigenvalue weighted by Crippen LogP contribution is -2.24. The van der Waals surface area contributed by atoms with Crippen LogP contribution >= 0.6 is 0 Å². The van der Waals surface area contributed by atoms with E-state index in [1.807, 2.05) is 0 Å². The molecule has 6 nitrogen and oxygen atoms in total. The molecule has 0 aliphatic carbocycles. The van der Waals surface area contributed by atoms with Crippen molar-refractivity contribution >= 4 is 5.91 Å². The molecule has 1 aromatic carbocycles. The average Bonchev–Trinajstić information content (AvgIpc) is 2.86. The minimum Gasteiger partial charge on any atom is -0.364 e. The van der Waals surface area contributed by atoms with E-state index in [9.17, 15) is 9.18 Å². The topological polar surface area (TPSA) is 87.9 Å². The molecule has 1 aromatic heterocycles. The number of likely N-dealkylation sites (tertiary alicyclic amines) is 1. The Morgan fingerprint density at radius 2 is 1.96 bits per heavy atom. The monoisotopic (exact) mass is 317 g/mol. The number of H-pyrrole nitrogens is 1. The molecule has 1 saturated heterocycles. The van der Waals surface area contributed by atoms with Gasteiger partial charge in [-0.1, -0.05) is 12.8 Å². The molecule has 7 heteroatoms. The van der Waals surface area contributed by atoms with Gasteiger partial charge in [0, 0.05) is 12.1 Å². The molecule has 0 spiro atoms. The van der Waals surface area contributed by atoms with Crippen molar-refractivity contribution in [3.05, 3.63) is 35.3 Å². The van der Waals surface area contributed by atoms with Crippen LogP contribution in [-0.4, -0.2) is 39.3 Å². The van der Waals surface area contributed by atoms with E-state index >= 15 is 0 Å². The number of carbonyl (C=O) groups excluding carboxylic acids is 1. The predicted octanol–water partition coefficient (Wildman–Crippen LogP) is 2.09. The van der Waals surface area contributed by atoms with Gasteiger partial charge in [0.05, 0.1) is 0 Å². The molecule has 23 heavy (non-hydrogen) atoms. The lowest BCUT2D eigenvalue weighted by molar-refractivity contribution is 0.0996. The van der Waals surface area contributed by atoms with E-state index in [-0.39, 0.29) is 11.5 Å². The summed E-state index contributed by atoms with van der Waals surface area (Å²) < 4.78 is 13.7. The van der Waals surface area contributed by atoms with Crippen LogP contribution in [0.3, 0.4) is 0 Å². The lowest BCUT2D eigenvalue weighted by atomic mass is 10.0. The van der Waals surface area contributed by atoms with Gasteiger partial charge in [-0.2, -0.15) is 15.4 Å². The number of nitrogens with zero attached hydrogens (tertiary/aromatic N) is 3. The van der Waals surface area contributed by atoms with Crippen LogP contribution in [0.25, 0.3) is 11.3 Å². The number of carbonyl (C=O) groups is 1. The Hall–Kier alpha value is -2.28. The highest BCUT2D eigenvalue weighted by Crippen LogP contribution is 2.26. The lowest BCUT2D eigenvalue weighted by Gasteiger charge is -2.21. The number of hydrogen-bond donors (Lipinski definition) is 2. The molecule has 0 atom stereocenters. The van der Waals surface area contributed by atoms with E-state index in [4.69, 9.17) is 5.73 Å². The van der Waals surface area contributed by atoms with Crippen LogP contribution < -0.4 is 5.73 Å². The molecule has 2 heterocycles. The zero-order chi connectivity index (χ0) is 16.2. The molecular formula is C16H20FN5O. The summed E-state index contributed by atoms with van der Waals surface area (Å²) >= 11 is 0. The average molecular weight is 317 g/mol. The molecule has 0 bridgehead atoms. The van der Waals surface area contributed by atoms with Gasteiger partial charge in [-0.05, 0) is 49.7 Å². The number of amides is 1. The normalized spacial score (nSPS) is 16.2. The van der Waals surface area contributed by atoms with Crippen molar-refractivity contribution in [3.8, 4) is 11.3 Å². The first-order valence-corrected chi connectivity index (χ1v) is 7.87. The molecule has 122 valence electrons. The number of primary amides is 1. The Kier molecular flexibility index (Phi) is 4.66. The minimum absolute atomic E-state index is 0.0775. The van der Waals surface area contributed by atoms with Crippen LogP contribution in [0.5, 0.6) is 0 Å². The van der Waals surface area contributed by atoms with Crippen molar-refractivity contribution in [2.75, 3.05) is 13.1 Å². The Labute approximate surface area is 133 Å². The van der Waals surface area contributed by atoms with E-state index in [2.05, 4.69) is 20.3 Å². The zero-order valence-electron chi connectivity index (χ0n) is 12.9. The maximum absolute atomic E-state index is 13.7. The van der Waals surface area contributed by atoms with Crippen LogP contribution in [-0.2, 0) is 6.54 Å². The summed E-state index contributed by atoms with van der Waals surface area (Å²) in [4.78, 5) is 13.8. The fourth-order valence-electron chi connectivity index (χ4n) is 3.05. The molecule has 1 fully saturated rings. The SMILES string of the molecule is NC(=O)c1n[nH]nc1-c1ccc(F)cc1CN1CCCCCC1. The van der Waals surface area contributed by atoms with Crippen LogP contribution in [0.1, 0.15) is 41.7 Å². The molecule has 3 rings (SSSR count). The van der Waals surface area contributed by atoms with Crippen molar-refractivity contribution < 1.29 is 9.18 Å². The van der Waals surface area contributed by atoms with Gasteiger partial charge in [0.1, 0.15) is 11.5 Å². The largest absolute Gasteiger partial charge is 0.364 e. The molecule has 1 amide bonds. The van der Waals surface area contributed by atoms with Gasteiger partial charge in [0.2, 0.25) is 0 Å². The predicted molar refractivity (Wildman–Crippen MR) is 84.0 cm³/mol. The summed E-state index contributed by atoms with van der Waals surface area (Å²) in [6, 6.07) is 4.49. The van der Waals surface area contributed by atoms with Gasteiger partial charge in [-0.25, -0.2) is 4.39 Å². The summed E-state index contributed by atoms with van der Waals surface area (Å²) in [7, 11) is 0. The van der Waals surface area contributed by atoms with Crippen molar-refractivity contribution in [1.29, 1.82) is 0 Å². The maximum atomic E-state index is 13.7. The van der Waals surface area contributed by atoms with Gasteiger partial charge < -0.3 is 5.73 Å². The number of nitrogens with one attached hydrogen (secondary N) is 1. The summed E-state index contributed by atoms with van der Waals surface area (Å²) in [5, 5.41) is 10.3. The highest BCUT2D eigenvalue weighted by molar-refractivity contribution is 5.97. The number of aromatic nitrogens is 3. The van der Waals surface area contributed by atoms with Crippen LogP contribution in [0.15, 0.2) is 18.2 Å². The van der Waals surface area contributed by atoms with Gasteiger partial charge in [0.15, 0.2) is 5.69 Å². The van der Waals surface area contributed by atoms with E-state index in [0.29, 0.717) is 17.8 Å². The number of nitrogens with two attached hydrogens (primary N) is 1. The Morgan fingerprint density at radius 3 is 2.65 bits per heavy atom. The molecular weight excluding hydrogens is 297 g/mol. The number of hydrogen-bond acceptors (Lipinski definition) is 4. The summed E-state index contributed by atoms with van der Waals surface area (Å²) in [6.07, 6.45) is 4.78. The molecule has 0 unspecified atom stereocenters. The van der Waals surface area contributed by atoms with Gasteiger partial charge in [-0.15, -0.1) is 0 Å². The Balaban J connectivity index is 1.94. The number of aromatic amines is 1. The number of benzene rings is 1. The molecule has 2 aromatic rings. The summed E-state index contributed by atoms with van der Waals surface area (Å²) in [5.74, 6) is -0.957. The fraction of sp³-hybridized carbons (Fsp3) is 0.438. The first-order valence-electron chi connectivity index (χ1n) is 7.87. The van der Waals surface area contributed by atoms with E-state index in [1.54, 1.807) is 6.07 Å². The quantitative estimate of drug-likeness (QED) is 0.904. The number of halogens is 1. The molecule has 0 saturated carbocycles. The van der Waals surface area contributed by atoms with E-state index in [1.165, 1.54) is 25.0 Å². The van der Waals surface area contributed by atoms with Gasteiger partial charge in [0.25, 0.3) is 5.91 Å². The second-order valence-corrected chi connectivity index (χ2v) is 5.88. The first-order chi connectivity index (χ1) is 11.1. The van der Waals surface area contributed by atoms with Crippen LogP contribution in [0.2, 0.25) is 0 Å². The Bertz CT molecular complexity index is 692. The van der Waals surface area contributed by atoms with E-state index < -0.39 is 5.91 Å². The smallest absolute Gasteiger partial charge is 0.271 e. The summed E-state index contributed by atoms with van der Waals surface area (Å²) in [5.41, 5.74) is 7.28. The standard InChI is InChI=1S/C16H20FN5O/c17-12-5-6-13(14-15(16(18)23)20-21-19-14)11(9-12)10-22-7-3-1-2-4-8-22/h5-6,9H,1-4,7-8,10H2,(H2,18,23)(H,19,20,21). The highest BCUT2D eigenvalue weighted by atomic mass is 19.1.